The van der Waals surface area contributed by atoms with Crippen LogP contribution in [0.5, 0.6) is 0 Å². The smallest absolute Gasteiger partial charge is 0.0762 e. The Morgan fingerprint density at radius 3 is 2.79 bits per heavy atom. The molecule has 0 radical (unpaired) electrons. The molecule has 0 aliphatic carbocycles. The Bertz CT molecular complexity index is 332. The molecule has 2 unspecified atom stereocenters. The number of hydrogen-bond acceptors (Lipinski definition) is 3. The van der Waals surface area contributed by atoms with Crippen molar-refractivity contribution in [1.82, 2.24) is 15.1 Å². The van der Waals surface area contributed by atoms with Gasteiger partial charge in [-0.15, -0.1) is 0 Å². The first-order valence-electron chi connectivity index (χ1n) is 7.56. The van der Waals surface area contributed by atoms with Gasteiger partial charge < -0.3 is 10.4 Å². The standard InChI is InChI=1S/C15H29N3O/c1-4-6-14(8-10-19)11-16-12-15-7-9-18(17-15)13(3)5-2/h7,9,13-14,16,19H,4-6,8,10-12H2,1-3H3. The van der Waals surface area contributed by atoms with E-state index in [-0.39, 0.29) is 6.61 Å². The Labute approximate surface area is 117 Å². The van der Waals surface area contributed by atoms with E-state index in [9.17, 15) is 0 Å². The fraction of sp³-hybridized carbons (Fsp3) is 0.800. The van der Waals surface area contributed by atoms with Crippen molar-refractivity contribution < 1.29 is 5.11 Å². The molecule has 1 aromatic rings. The lowest BCUT2D eigenvalue weighted by molar-refractivity contribution is 0.248. The number of aliphatic hydroxyl groups excluding tert-OH is 1. The van der Waals surface area contributed by atoms with Gasteiger partial charge in [-0.3, -0.25) is 4.68 Å². The minimum absolute atomic E-state index is 0.287. The average molecular weight is 267 g/mol. The molecule has 1 rings (SSSR count). The summed E-state index contributed by atoms with van der Waals surface area (Å²) in [6, 6.07) is 2.55. The van der Waals surface area contributed by atoms with Gasteiger partial charge in [0.2, 0.25) is 0 Å². The van der Waals surface area contributed by atoms with Gasteiger partial charge in [-0.1, -0.05) is 20.3 Å². The summed E-state index contributed by atoms with van der Waals surface area (Å²) in [5.41, 5.74) is 1.10. The van der Waals surface area contributed by atoms with Gasteiger partial charge in [0.05, 0.1) is 5.69 Å². The van der Waals surface area contributed by atoms with Crippen LogP contribution in [-0.2, 0) is 6.54 Å². The zero-order chi connectivity index (χ0) is 14.1. The first-order valence-corrected chi connectivity index (χ1v) is 7.56. The van der Waals surface area contributed by atoms with E-state index < -0.39 is 0 Å². The monoisotopic (exact) mass is 267 g/mol. The third kappa shape index (κ3) is 5.74. The first kappa shape index (κ1) is 16.2. The third-order valence-corrected chi connectivity index (χ3v) is 3.68. The minimum atomic E-state index is 0.287. The molecule has 4 heteroatoms. The van der Waals surface area contributed by atoms with Gasteiger partial charge in [-0.05, 0) is 44.7 Å². The minimum Gasteiger partial charge on any atom is -0.396 e. The molecule has 0 aliphatic heterocycles. The number of nitrogens with one attached hydrogen (secondary N) is 1. The van der Waals surface area contributed by atoms with Crippen molar-refractivity contribution in [3.8, 4) is 0 Å². The van der Waals surface area contributed by atoms with Crippen molar-refractivity contribution in [1.29, 1.82) is 0 Å². The van der Waals surface area contributed by atoms with Gasteiger partial charge in [0.1, 0.15) is 0 Å². The molecule has 0 bridgehead atoms. The normalized spacial score (nSPS) is 14.5. The Hall–Kier alpha value is -0.870. The van der Waals surface area contributed by atoms with Crippen LogP contribution in [0.3, 0.4) is 0 Å². The van der Waals surface area contributed by atoms with Gasteiger partial charge in [0, 0.05) is 25.4 Å². The molecular formula is C15H29N3O. The maximum Gasteiger partial charge on any atom is 0.0762 e. The van der Waals surface area contributed by atoms with Crippen LogP contribution in [0.2, 0.25) is 0 Å². The zero-order valence-corrected chi connectivity index (χ0v) is 12.6. The summed E-state index contributed by atoms with van der Waals surface area (Å²) >= 11 is 0. The molecule has 0 saturated carbocycles. The fourth-order valence-electron chi connectivity index (χ4n) is 2.25. The summed E-state index contributed by atoms with van der Waals surface area (Å²) in [6.45, 7) is 8.62. The first-order chi connectivity index (χ1) is 9.21. The Balaban J connectivity index is 2.33. The maximum atomic E-state index is 9.03. The molecule has 4 nitrogen and oxygen atoms in total. The number of hydrogen-bond donors (Lipinski definition) is 2. The van der Waals surface area contributed by atoms with Crippen molar-refractivity contribution in [2.24, 2.45) is 5.92 Å². The average Bonchev–Trinajstić information content (AvgIpc) is 2.87. The van der Waals surface area contributed by atoms with Gasteiger partial charge in [0.15, 0.2) is 0 Å². The highest BCUT2D eigenvalue weighted by molar-refractivity contribution is 4.99. The Morgan fingerprint density at radius 2 is 2.16 bits per heavy atom. The predicted octanol–water partition coefficient (Wildman–Crippen LogP) is 2.74. The number of aromatic nitrogens is 2. The zero-order valence-electron chi connectivity index (χ0n) is 12.6. The second kappa shape index (κ2) is 9.10. The second-order valence-electron chi connectivity index (χ2n) is 5.34. The quantitative estimate of drug-likeness (QED) is 0.685. The molecule has 0 fully saturated rings. The van der Waals surface area contributed by atoms with Crippen molar-refractivity contribution in [2.45, 2.75) is 59.0 Å². The molecular weight excluding hydrogens is 238 g/mol. The van der Waals surface area contributed by atoms with E-state index in [4.69, 9.17) is 5.11 Å². The molecule has 19 heavy (non-hydrogen) atoms. The van der Waals surface area contributed by atoms with Crippen LogP contribution in [0.25, 0.3) is 0 Å². The van der Waals surface area contributed by atoms with Gasteiger partial charge >= 0.3 is 0 Å². The highest BCUT2D eigenvalue weighted by Gasteiger charge is 2.08. The van der Waals surface area contributed by atoms with Crippen LogP contribution in [0.4, 0.5) is 0 Å². The number of rotatable bonds is 10. The summed E-state index contributed by atoms with van der Waals surface area (Å²) in [4.78, 5) is 0. The van der Waals surface area contributed by atoms with Gasteiger partial charge in [-0.2, -0.15) is 5.10 Å². The lowest BCUT2D eigenvalue weighted by atomic mass is 10.0. The Kier molecular flexibility index (Phi) is 7.75. The van der Waals surface area contributed by atoms with E-state index in [1.54, 1.807) is 0 Å². The molecule has 110 valence electrons. The van der Waals surface area contributed by atoms with Crippen LogP contribution in [0, 0.1) is 5.92 Å². The van der Waals surface area contributed by atoms with Crippen LogP contribution < -0.4 is 5.32 Å². The van der Waals surface area contributed by atoms with Crippen molar-refractivity contribution in [3.63, 3.8) is 0 Å². The summed E-state index contributed by atoms with van der Waals surface area (Å²) < 4.78 is 2.04. The summed E-state index contributed by atoms with van der Waals surface area (Å²) in [6.07, 6.45) is 6.40. The number of aliphatic hydroxyl groups is 1. The van der Waals surface area contributed by atoms with Crippen LogP contribution in [-0.4, -0.2) is 28.0 Å². The maximum absolute atomic E-state index is 9.03. The molecule has 1 aromatic heterocycles. The highest BCUT2D eigenvalue weighted by atomic mass is 16.3. The molecule has 0 aliphatic rings. The summed E-state index contributed by atoms with van der Waals surface area (Å²) in [5, 5.41) is 17.1. The van der Waals surface area contributed by atoms with E-state index >= 15 is 0 Å². The van der Waals surface area contributed by atoms with Crippen LogP contribution in [0.1, 0.15) is 58.2 Å². The van der Waals surface area contributed by atoms with Crippen molar-refractivity contribution >= 4 is 0 Å². The van der Waals surface area contributed by atoms with E-state index in [0.717, 1.165) is 31.6 Å². The van der Waals surface area contributed by atoms with Crippen LogP contribution in [0.15, 0.2) is 12.3 Å². The van der Waals surface area contributed by atoms with E-state index in [1.165, 1.54) is 12.8 Å². The lowest BCUT2D eigenvalue weighted by Gasteiger charge is -2.15. The van der Waals surface area contributed by atoms with E-state index in [0.29, 0.717) is 12.0 Å². The van der Waals surface area contributed by atoms with Crippen molar-refractivity contribution in [3.05, 3.63) is 18.0 Å². The Morgan fingerprint density at radius 1 is 1.37 bits per heavy atom. The molecule has 0 amide bonds. The molecule has 2 N–H and O–H groups in total. The van der Waals surface area contributed by atoms with E-state index in [1.807, 2.05) is 4.68 Å². The second-order valence-corrected chi connectivity index (χ2v) is 5.34. The lowest BCUT2D eigenvalue weighted by Crippen LogP contribution is -2.23. The third-order valence-electron chi connectivity index (χ3n) is 3.68. The van der Waals surface area contributed by atoms with Crippen LogP contribution >= 0.6 is 0 Å². The van der Waals surface area contributed by atoms with Crippen molar-refractivity contribution in [2.75, 3.05) is 13.2 Å². The number of nitrogens with zero attached hydrogens (tertiary/aromatic N) is 2. The molecule has 0 aromatic carbocycles. The predicted molar refractivity (Wildman–Crippen MR) is 79.0 cm³/mol. The molecule has 2 atom stereocenters. The summed E-state index contributed by atoms with van der Waals surface area (Å²) in [7, 11) is 0. The molecule has 1 heterocycles. The SMILES string of the molecule is CCCC(CCO)CNCc1ccn(C(C)CC)n1. The van der Waals surface area contributed by atoms with E-state index in [2.05, 4.69) is 43.4 Å². The summed E-state index contributed by atoms with van der Waals surface area (Å²) in [5.74, 6) is 0.576. The highest BCUT2D eigenvalue weighted by Crippen LogP contribution is 2.11. The largest absolute Gasteiger partial charge is 0.396 e. The van der Waals surface area contributed by atoms with Gasteiger partial charge in [-0.25, -0.2) is 0 Å². The van der Waals surface area contributed by atoms with Gasteiger partial charge in [0.25, 0.3) is 0 Å². The molecule has 0 saturated heterocycles. The molecule has 0 spiro atoms. The fourth-order valence-corrected chi connectivity index (χ4v) is 2.25. The topological polar surface area (TPSA) is 50.1 Å².